The summed E-state index contributed by atoms with van der Waals surface area (Å²) in [6.07, 6.45) is 0.630. The maximum absolute atomic E-state index is 13.7. The fourth-order valence-corrected chi connectivity index (χ4v) is 2.45. The monoisotopic (exact) mass is 293 g/mol. The molecule has 0 radical (unpaired) electrons. The molecule has 1 nitrogen and oxygen atoms in total. The van der Waals surface area contributed by atoms with Crippen molar-refractivity contribution in [2.45, 2.75) is 32.4 Å². The third-order valence-electron chi connectivity index (χ3n) is 3.39. The second kappa shape index (κ2) is 6.76. The summed E-state index contributed by atoms with van der Waals surface area (Å²) in [6.45, 7) is 3.77. The molecule has 0 heterocycles. The molecule has 2 atom stereocenters. The average Bonchev–Trinajstić information content (AvgIpc) is 2.38. The number of rotatable bonds is 5. The van der Waals surface area contributed by atoms with Crippen molar-refractivity contribution >= 4 is 0 Å². The van der Waals surface area contributed by atoms with Gasteiger partial charge in [-0.3, -0.25) is 0 Å². The topological polar surface area (TPSA) is 12.0 Å². The molecule has 0 aliphatic carbocycles. The van der Waals surface area contributed by atoms with E-state index >= 15 is 0 Å². The van der Waals surface area contributed by atoms with Crippen LogP contribution in [-0.2, 0) is 6.42 Å². The van der Waals surface area contributed by atoms with Crippen LogP contribution in [-0.4, -0.2) is 6.04 Å². The molecule has 2 aromatic rings. The van der Waals surface area contributed by atoms with Gasteiger partial charge in [0.05, 0.1) is 0 Å². The van der Waals surface area contributed by atoms with Gasteiger partial charge in [0.1, 0.15) is 17.5 Å². The third kappa shape index (κ3) is 4.33. The maximum atomic E-state index is 13.7. The minimum atomic E-state index is -0.587. The van der Waals surface area contributed by atoms with Crippen molar-refractivity contribution in [3.8, 4) is 0 Å². The fourth-order valence-electron chi connectivity index (χ4n) is 2.45. The summed E-state index contributed by atoms with van der Waals surface area (Å²) in [7, 11) is 0. The standard InChI is InChI=1S/C17H18F3N/c1-11(8-13-4-3-5-14(18)9-13)21-12(2)16-7-6-15(19)10-17(16)20/h3-7,9-12,21H,8H2,1-2H3. The van der Waals surface area contributed by atoms with Gasteiger partial charge in [-0.1, -0.05) is 18.2 Å². The number of halogens is 3. The van der Waals surface area contributed by atoms with E-state index in [4.69, 9.17) is 0 Å². The molecule has 0 aliphatic rings. The molecule has 0 aromatic heterocycles. The van der Waals surface area contributed by atoms with Gasteiger partial charge in [-0.2, -0.15) is 0 Å². The van der Waals surface area contributed by atoms with Crippen molar-refractivity contribution in [3.05, 3.63) is 71.0 Å². The summed E-state index contributed by atoms with van der Waals surface area (Å²) < 4.78 is 39.7. The van der Waals surface area contributed by atoms with E-state index in [2.05, 4.69) is 5.32 Å². The largest absolute Gasteiger partial charge is 0.307 e. The Morgan fingerprint density at radius 3 is 2.33 bits per heavy atom. The van der Waals surface area contributed by atoms with E-state index in [1.807, 2.05) is 19.9 Å². The van der Waals surface area contributed by atoms with Crippen LogP contribution in [0.25, 0.3) is 0 Å². The predicted octanol–water partition coefficient (Wildman–Crippen LogP) is 4.39. The first kappa shape index (κ1) is 15.6. The van der Waals surface area contributed by atoms with E-state index in [1.54, 1.807) is 6.07 Å². The highest BCUT2D eigenvalue weighted by atomic mass is 19.1. The van der Waals surface area contributed by atoms with Crippen molar-refractivity contribution in [2.75, 3.05) is 0 Å². The highest BCUT2D eigenvalue weighted by Gasteiger charge is 2.14. The van der Waals surface area contributed by atoms with E-state index in [0.29, 0.717) is 12.0 Å². The molecule has 0 saturated heterocycles. The number of nitrogens with one attached hydrogen (secondary N) is 1. The summed E-state index contributed by atoms with van der Waals surface area (Å²) >= 11 is 0. The lowest BCUT2D eigenvalue weighted by atomic mass is 10.0. The molecule has 2 unspecified atom stereocenters. The highest BCUT2D eigenvalue weighted by molar-refractivity contribution is 5.22. The second-order valence-corrected chi connectivity index (χ2v) is 5.29. The van der Waals surface area contributed by atoms with Crippen molar-refractivity contribution in [2.24, 2.45) is 0 Å². The zero-order valence-electron chi connectivity index (χ0n) is 12.0. The Kier molecular flexibility index (Phi) is 5.02. The van der Waals surface area contributed by atoms with Gasteiger partial charge in [-0.05, 0) is 44.0 Å². The molecule has 2 rings (SSSR count). The normalized spacial score (nSPS) is 14.0. The van der Waals surface area contributed by atoms with Crippen LogP contribution in [0.15, 0.2) is 42.5 Å². The van der Waals surface area contributed by atoms with Gasteiger partial charge >= 0.3 is 0 Å². The molecule has 0 bridgehead atoms. The molecule has 1 N–H and O–H groups in total. The van der Waals surface area contributed by atoms with Crippen molar-refractivity contribution in [1.29, 1.82) is 0 Å². The van der Waals surface area contributed by atoms with Crippen LogP contribution < -0.4 is 5.32 Å². The van der Waals surface area contributed by atoms with E-state index in [9.17, 15) is 13.2 Å². The molecule has 0 saturated carbocycles. The molecule has 2 aromatic carbocycles. The first-order valence-corrected chi connectivity index (χ1v) is 6.91. The summed E-state index contributed by atoms with van der Waals surface area (Å²) in [5.41, 5.74) is 1.30. The molecular weight excluding hydrogens is 275 g/mol. The minimum Gasteiger partial charge on any atom is -0.307 e. The highest BCUT2D eigenvalue weighted by Crippen LogP contribution is 2.19. The second-order valence-electron chi connectivity index (χ2n) is 5.29. The van der Waals surface area contributed by atoms with Crippen molar-refractivity contribution in [1.82, 2.24) is 5.32 Å². The smallest absolute Gasteiger partial charge is 0.130 e. The Balaban J connectivity index is 2.00. The number of hydrogen-bond donors (Lipinski definition) is 1. The fraction of sp³-hybridized carbons (Fsp3) is 0.294. The first-order chi connectivity index (χ1) is 9.95. The third-order valence-corrected chi connectivity index (χ3v) is 3.39. The Morgan fingerprint density at radius 1 is 0.952 bits per heavy atom. The molecule has 112 valence electrons. The summed E-state index contributed by atoms with van der Waals surface area (Å²) in [5.74, 6) is -1.42. The zero-order chi connectivity index (χ0) is 15.4. The van der Waals surface area contributed by atoms with E-state index in [-0.39, 0.29) is 17.9 Å². The average molecular weight is 293 g/mol. The Morgan fingerprint density at radius 2 is 1.67 bits per heavy atom. The van der Waals surface area contributed by atoms with Crippen LogP contribution in [0.5, 0.6) is 0 Å². The van der Waals surface area contributed by atoms with Gasteiger partial charge < -0.3 is 5.32 Å². The number of benzene rings is 2. The van der Waals surface area contributed by atoms with Gasteiger partial charge in [-0.25, -0.2) is 13.2 Å². The molecule has 0 spiro atoms. The SMILES string of the molecule is CC(Cc1cccc(F)c1)NC(C)c1ccc(F)cc1F. The molecule has 0 amide bonds. The van der Waals surface area contributed by atoms with Crippen molar-refractivity contribution < 1.29 is 13.2 Å². The minimum absolute atomic E-state index is 0.0336. The predicted molar refractivity (Wildman–Crippen MR) is 77.5 cm³/mol. The first-order valence-electron chi connectivity index (χ1n) is 6.91. The lowest BCUT2D eigenvalue weighted by molar-refractivity contribution is 0.457. The van der Waals surface area contributed by atoms with Crippen LogP contribution >= 0.6 is 0 Å². The molecule has 21 heavy (non-hydrogen) atoms. The van der Waals surface area contributed by atoms with E-state index in [1.165, 1.54) is 24.3 Å². The Hall–Kier alpha value is -1.81. The molecule has 0 fully saturated rings. The lowest BCUT2D eigenvalue weighted by Gasteiger charge is -2.21. The van der Waals surface area contributed by atoms with Gasteiger partial charge in [0.15, 0.2) is 0 Å². The molecule has 0 aliphatic heterocycles. The summed E-state index contributed by atoms with van der Waals surface area (Å²) in [5, 5.41) is 3.24. The van der Waals surface area contributed by atoms with Gasteiger partial charge in [-0.15, -0.1) is 0 Å². The van der Waals surface area contributed by atoms with Gasteiger partial charge in [0, 0.05) is 23.7 Å². The molecule has 4 heteroatoms. The van der Waals surface area contributed by atoms with Crippen LogP contribution in [0.1, 0.15) is 31.0 Å². The maximum Gasteiger partial charge on any atom is 0.130 e. The van der Waals surface area contributed by atoms with Crippen molar-refractivity contribution in [3.63, 3.8) is 0 Å². The Bertz CT molecular complexity index is 613. The van der Waals surface area contributed by atoms with Crippen LogP contribution in [0, 0.1) is 17.5 Å². The summed E-state index contributed by atoms with van der Waals surface area (Å²) in [6, 6.07) is 9.75. The zero-order valence-corrected chi connectivity index (χ0v) is 12.0. The lowest BCUT2D eigenvalue weighted by Crippen LogP contribution is -2.31. The van der Waals surface area contributed by atoms with E-state index in [0.717, 1.165) is 11.6 Å². The van der Waals surface area contributed by atoms with Crippen LogP contribution in [0.4, 0.5) is 13.2 Å². The quantitative estimate of drug-likeness (QED) is 0.862. The Labute approximate surface area is 122 Å². The summed E-state index contributed by atoms with van der Waals surface area (Å²) in [4.78, 5) is 0. The number of hydrogen-bond acceptors (Lipinski definition) is 1. The van der Waals surface area contributed by atoms with Gasteiger partial charge in [0.2, 0.25) is 0 Å². The van der Waals surface area contributed by atoms with E-state index < -0.39 is 11.6 Å². The van der Waals surface area contributed by atoms with Crippen LogP contribution in [0.3, 0.4) is 0 Å². The van der Waals surface area contributed by atoms with Gasteiger partial charge in [0.25, 0.3) is 0 Å². The van der Waals surface area contributed by atoms with Crippen LogP contribution in [0.2, 0.25) is 0 Å². The molecular formula is C17H18F3N.